The van der Waals surface area contributed by atoms with Gasteiger partial charge in [0.05, 0.1) is 37.0 Å². The van der Waals surface area contributed by atoms with Crippen LogP contribution in [-0.4, -0.2) is 20.9 Å². The normalized spacial score (nSPS) is 15.7. The SMILES string of the molecule is [2H]c1c([2H])c(C([2H])([2H])n2ncc3c(Cl)ccc(C(=O)O)c32)c([2H])c([2H])c1I. The first-order valence-electron chi connectivity index (χ1n) is 8.66. The molecule has 0 saturated heterocycles. The summed E-state index contributed by atoms with van der Waals surface area (Å²) in [5.74, 6) is -1.32. The highest BCUT2D eigenvalue weighted by molar-refractivity contribution is 14.1. The average molecular weight is 419 g/mol. The van der Waals surface area contributed by atoms with Crippen LogP contribution in [0.1, 0.15) is 24.1 Å². The van der Waals surface area contributed by atoms with E-state index in [9.17, 15) is 9.90 Å². The van der Waals surface area contributed by atoms with Crippen molar-refractivity contribution in [1.82, 2.24) is 9.78 Å². The minimum Gasteiger partial charge on any atom is -0.478 e. The van der Waals surface area contributed by atoms with Crippen LogP contribution in [0.4, 0.5) is 0 Å². The third kappa shape index (κ3) is 2.75. The van der Waals surface area contributed by atoms with Gasteiger partial charge in [-0.25, -0.2) is 4.79 Å². The first-order chi connectivity index (χ1) is 12.5. The van der Waals surface area contributed by atoms with Crippen molar-refractivity contribution in [3.05, 3.63) is 62.2 Å². The zero-order chi connectivity index (χ0) is 20.3. The van der Waals surface area contributed by atoms with Gasteiger partial charge in [-0.2, -0.15) is 5.10 Å². The highest BCUT2D eigenvalue weighted by atomic mass is 127. The Morgan fingerprint density at radius 1 is 1.43 bits per heavy atom. The smallest absolute Gasteiger partial charge is 0.337 e. The van der Waals surface area contributed by atoms with Crippen molar-refractivity contribution in [2.24, 2.45) is 0 Å². The predicted octanol–water partition coefficient (Wildman–Crippen LogP) is 4.04. The van der Waals surface area contributed by atoms with Gasteiger partial charge in [-0.05, 0) is 52.4 Å². The van der Waals surface area contributed by atoms with Crippen molar-refractivity contribution < 1.29 is 18.1 Å². The lowest BCUT2D eigenvalue weighted by Crippen LogP contribution is -2.06. The zero-order valence-corrected chi connectivity index (χ0v) is 13.2. The maximum Gasteiger partial charge on any atom is 0.337 e. The molecule has 4 nitrogen and oxygen atoms in total. The van der Waals surface area contributed by atoms with Crippen LogP contribution in [0.3, 0.4) is 0 Å². The molecule has 0 aliphatic carbocycles. The molecule has 1 N–H and O–H groups in total. The Morgan fingerprint density at radius 3 is 2.81 bits per heavy atom. The molecule has 0 radical (unpaired) electrons. The summed E-state index contributed by atoms with van der Waals surface area (Å²) in [6.45, 7) is -2.67. The number of carboxylic acids is 1. The first kappa shape index (κ1) is 8.75. The van der Waals surface area contributed by atoms with Gasteiger partial charge < -0.3 is 5.11 Å². The number of hydrogen-bond donors (Lipinski definition) is 1. The van der Waals surface area contributed by atoms with Gasteiger partial charge in [0.2, 0.25) is 0 Å². The second-order valence-electron chi connectivity index (χ2n) is 4.02. The number of rotatable bonds is 3. The average Bonchev–Trinajstić information content (AvgIpc) is 3.05. The summed E-state index contributed by atoms with van der Waals surface area (Å²) < 4.78 is 49.8. The molecule has 0 aliphatic rings. The molecule has 0 spiro atoms. The molecule has 106 valence electrons. The van der Waals surface area contributed by atoms with Crippen LogP contribution in [0.5, 0.6) is 0 Å². The fourth-order valence-electron chi connectivity index (χ4n) is 1.82. The van der Waals surface area contributed by atoms with Gasteiger partial charge in [-0.15, -0.1) is 0 Å². The molecule has 0 amide bonds. The van der Waals surface area contributed by atoms with E-state index in [1.807, 2.05) is 0 Å². The molecule has 0 unspecified atom stereocenters. The number of halogens is 2. The molecule has 1 aromatic heterocycles. The Morgan fingerprint density at radius 2 is 2.14 bits per heavy atom. The lowest BCUT2D eigenvalue weighted by molar-refractivity contribution is 0.0698. The number of benzene rings is 2. The van der Waals surface area contributed by atoms with Crippen LogP contribution in [0.2, 0.25) is 5.02 Å². The Bertz CT molecular complexity index is 1090. The molecule has 3 aromatic rings. The molecule has 0 saturated carbocycles. The zero-order valence-electron chi connectivity index (χ0n) is 16.2. The summed E-state index contributed by atoms with van der Waals surface area (Å²) in [5.41, 5.74) is -0.911. The summed E-state index contributed by atoms with van der Waals surface area (Å²) in [6, 6.07) is 0.674. The number of carboxylic acid groups (broad SMARTS) is 1. The Hall–Kier alpha value is -1.60. The number of hydrogen-bond acceptors (Lipinski definition) is 2. The van der Waals surface area contributed by atoms with Gasteiger partial charge in [0.25, 0.3) is 0 Å². The number of aromatic carboxylic acids is 1. The van der Waals surface area contributed by atoms with Crippen LogP contribution in [-0.2, 0) is 6.50 Å². The minimum absolute atomic E-state index is 0.0572. The second-order valence-corrected chi connectivity index (χ2v) is 5.51. The van der Waals surface area contributed by atoms with E-state index in [0.29, 0.717) is 0 Å². The molecule has 6 heteroatoms. The Balaban J connectivity index is 2.42. The Labute approximate surface area is 147 Å². The molecular formula is C15H10ClIN2O2. The van der Waals surface area contributed by atoms with Crippen LogP contribution in [0.25, 0.3) is 10.9 Å². The minimum atomic E-state index is -2.67. The van der Waals surface area contributed by atoms with E-state index >= 15 is 0 Å². The monoisotopic (exact) mass is 418 g/mol. The quantitative estimate of drug-likeness (QED) is 0.653. The topological polar surface area (TPSA) is 55.1 Å². The first-order valence-corrected chi connectivity index (χ1v) is 7.12. The third-order valence-corrected chi connectivity index (χ3v) is 3.59. The molecule has 0 bridgehead atoms. The second kappa shape index (κ2) is 5.65. The van der Waals surface area contributed by atoms with Crippen molar-refractivity contribution in [3.63, 3.8) is 0 Å². The highest BCUT2D eigenvalue weighted by Gasteiger charge is 2.16. The van der Waals surface area contributed by atoms with Gasteiger partial charge in [0, 0.05) is 8.96 Å². The fraction of sp³-hybridized carbons (Fsp3) is 0.0667. The number of nitrogens with zero attached hydrogens (tertiary/aromatic N) is 2. The van der Waals surface area contributed by atoms with Crippen molar-refractivity contribution in [2.75, 3.05) is 0 Å². The van der Waals surface area contributed by atoms with Crippen molar-refractivity contribution in [1.29, 1.82) is 0 Å². The summed E-state index contributed by atoms with van der Waals surface area (Å²) in [5, 5.41) is 13.7. The highest BCUT2D eigenvalue weighted by Crippen LogP contribution is 2.27. The van der Waals surface area contributed by atoms with Gasteiger partial charge in [-0.1, -0.05) is 23.7 Å². The molecule has 3 rings (SSSR count). The van der Waals surface area contributed by atoms with E-state index in [0.717, 1.165) is 4.68 Å². The van der Waals surface area contributed by atoms with E-state index in [1.165, 1.54) is 18.3 Å². The van der Waals surface area contributed by atoms with Crippen molar-refractivity contribution >= 4 is 51.1 Å². The van der Waals surface area contributed by atoms with Crippen LogP contribution < -0.4 is 0 Å². The van der Waals surface area contributed by atoms with E-state index in [-0.39, 0.29) is 37.1 Å². The molecule has 1 heterocycles. The van der Waals surface area contributed by atoms with E-state index < -0.39 is 30.1 Å². The molecule has 0 fully saturated rings. The number of carbonyl (C=O) groups is 1. The Kier molecular flexibility index (Phi) is 2.35. The fourth-order valence-corrected chi connectivity index (χ4v) is 2.29. The van der Waals surface area contributed by atoms with Gasteiger partial charge in [0.1, 0.15) is 0 Å². The number of fused-ring (bicyclic) bond motifs is 1. The largest absolute Gasteiger partial charge is 0.478 e. The van der Waals surface area contributed by atoms with Crippen LogP contribution in [0, 0.1) is 3.57 Å². The summed E-state index contributed by atoms with van der Waals surface area (Å²) in [7, 11) is 0. The molecule has 0 atom stereocenters. The maximum absolute atomic E-state index is 11.6. The lowest BCUT2D eigenvalue weighted by atomic mass is 10.1. The van der Waals surface area contributed by atoms with E-state index in [4.69, 9.17) is 19.8 Å². The summed E-state index contributed by atoms with van der Waals surface area (Å²) in [4.78, 5) is 11.6. The molecule has 2 aromatic carbocycles. The van der Waals surface area contributed by atoms with E-state index in [1.54, 1.807) is 22.6 Å². The molecule has 0 aliphatic heterocycles. The van der Waals surface area contributed by atoms with Gasteiger partial charge in [-0.3, -0.25) is 4.68 Å². The number of aromatic nitrogens is 2. The van der Waals surface area contributed by atoms with E-state index in [2.05, 4.69) is 5.10 Å². The van der Waals surface area contributed by atoms with Crippen LogP contribution in [0.15, 0.2) is 42.5 Å². The van der Waals surface area contributed by atoms with Gasteiger partial charge >= 0.3 is 5.97 Å². The van der Waals surface area contributed by atoms with Crippen LogP contribution >= 0.6 is 34.2 Å². The summed E-state index contributed by atoms with van der Waals surface area (Å²) in [6.07, 6.45) is 1.20. The summed E-state index contributed by atoms with van der Waals surface area (Å²) >= 11 is 7.73. The standard InChI is InChI=1S/C15H10ClIN2O2/c16-13-6-5-11(15(20)21)14-12(13)7-18-19(14)8-9-1-3-10(17)4-2-9/h1-7H,8H2,(H,20,21)/i1D,2D,3D,4D,8D2. The van der Waals surface area contributed by atoms with Crippen molar-refractivity contribution in [2.45, 2.75) is 6.50 Å². The van der Waals surface area contributed by atoms with Gasteiger partial charge in [0.15, 0.2) is 0 Å². The molecular weight excluding hydrogens is 403 g/mol. The molecule has 21 heavy (non-hydrogen) atoms. The lowest BCUT2D eigenvalue weighted by Gasteiger charge is -2.07. The third-order valence-electron chi connectivity index (χ3n) is 2.72. The predicted molar refractivity (Wildman–Crippen MR) is 90.0 cm³/mol. The maximum atomic E-state index is 11.6. The van der Waals surface area contributed by atoms with Crippen molar-refractivity contribution in [3.8, 4) is 0 Å².